The van der Waals surface area contributed by atoms with Crippen molar-refractivity contribution in [1.82, 2.24) is 5.32 Å². The summed E-state index contributed by atoms with van der Waals surface area (Å²) in [6.07, 6.45) is 0.164. The Hall–Kier alpha value is -1.06. The van der Waals surface area contributed by atoms with Crippen LogP contribution in [0.2, 0.25) is 0 Å². The Kier molecular flexibility index (Phi) is 4.54. The molecule has 1 rings (SSSR count). The Morgan fingerprint density at radius 1 is 1.41 bits per heavy atom. The summed E-state index contributed by atoms with van der Waals surface area (Å²) in [7, 11) is 1.83. The van der Waals surface area contributed by atoms with Crippen molar-refractivity contribution in [3.8, 4) is 5.75 Å². The average molecular weight is 237 g/mol. The first-order chi connectivity index (χ1) is 7.86. The van der Waals surface area contributed by atoms with Gasteiger partial charge in [0.05, 0.1) is 11.7 Å². The van der Waals surface area contributed by atoms with Crippen LogP contribution in [0.15, 0.2) is 18.2 Å². The number of likely N-dealkylation sites (N-methyl/N-ethyl adjacent to an activating group) is 1. The van der Waals surface area contributed by atoms with Crippen molar-refractivity contribution < 1.29 is 9.84 Å². The molecular formula is C14H23NO2. The van der Waals surface area contributed by atoms with Gasteiger partial charge in [-0.05, 0) is 58.0 Å². The third-order valence-electron chi connectivity index (χ3n) is 2.68. The molecule has 1 aromatic carbocycles. The maximum absolute atomic E-state index is 10.3. The number of hydrogen-bond donors (Lipinski definition) is 2. The van der Waals surface area contributed by atoms with Gasteiger partial charge in [-0.2, -0.15) is 0 Å². The highest BCUT2D eigenvalue weighted by atomic mass is 16.5. The minimum atomic E-state index is -0.851. The van der Waals surface area contributed by atoms with Crippen LogP contribution in [0.3, 0.4) is 0 Å². The van der Waals surface area contributed by atoms with Crippen LogP contribution in [0.5, 0.6) is 5.75 Å². The average Bonchev–Trinajstić information content (AvgIpc) is 2.20. The van der Waals surface area contributed by atoms with Crippen LogP contribution in [-0.4, -0.2) is 24.8 Å². The van der Waals surface area contributed by atoms with Crippen LogP contribution in [0.25, 0.3) is 0 Å². The van der Waals surface area contributed by atoms with E-state index in [0.717, 1.165) is 16.9 Å². The molecule has 2 N–H and O–H groups in total. The van der Waals surface area contributed by atoms with Crippen LogP contribution in [-0.2, 0) is 5.60 Å². The summed E-state index contributed by atoms with van der Waals surface area (Å²) in [6.45, 7) is 8.34. The molecule has 1 atom stereocenters. The molecule has 0 heterocycles. The summed E-state index contributed by atoms with van der Waals surface area (Å²) in [5.74, 6) is 0.879. The second-order valence-corrected chi connectivity index (χ2v) is 4.95. The van der Waals surface area contributed by atoms with E-state index in [1.807, 2.05) is 46.0 Å². The van der Waals surface area contributed by atoms with E-state index in [1.54, 1.807) is 6.92 Å². The van der Waals surface area contributed by atoms with Gasteiger partial charge >= 0.3 is 0 Å². The van der Waals surface area contributed by atoms with E-state index in [9.17, 15) is 5.11 Å². The third kappa shape index (κ3) is 3.72. The molecule has 0 aliphatic carbocycles. The molecule has 0 spiro atoms. The lowest BCUT2D eigenvalue weighted by Crippen LogP contribution is -2.33. The fraction of sp³-hybridized carbons (Fsp3) is 0.571. The van der Waals surface area contributed by atoms with Gasteiger partial charge in [0.2, 0.25) is 0 Å². The summed E-state index contributed by atoms with van der Waals surface area (Å²) >= 11 is 0. The molecule has 17 heavy (non-hydrogen) atoms. The molecule has 1 aromatic rings. The molecule has 3 heteroatoms. The van der Waals surface area contributed by atoms with Crippen molar-refractivity contribution in [2.45, 2.75) is 39.4 Å². The van der Waals surface area contributed by atoms with Gasteiger partial charge in [-0.3, -0.25) is 0 Å². The van der Waals surface area contributed by atoms with Gasteiger partial charge in [-0.25, -0.2) is 0 Å². The zero-order chi connectivity index (χ0) is 13.1. The molecule has 0 saturated carbocycles. The Labute approximate surface area is 104 Å². The fourth-order valence-electron chi connectivity index (χ4n) is 1.82. The topological polar surface area (TPSA) is 41.5 Å². The monoisotopic (exact) mass is 237 g/mol. The summed E-state index contributed by atoms with van der Waals surface area (Å²) in [5.41, 5.74) is 1.10. The second-order valence-electron chi connectivity index (χ2n) is 4.95. The molecule has 96 valence electrons. The SMILES string of the molecule is CNCC(C)(O)c1ccc(OC(C)C)c(C)c1. The normalized spacial score (nSPS) is 14.8. The minimum absolute atomic E-state index is 0.164. The standard InChI is InChI=1S/C14H23NO2/c1-10(2)17-13-7-6-12(8-11(13)3)14(4,16)9-15-5/h6-8,10,15-16H,9H2,1-5H3. The zero-order valence-corrected chi connectivity index (χ0v) is 11.4. The summed E-state index contributed by atoms with van der Waals surface area (Å²) in [6, 6.07) is 5.83. The smallest absolute Gasteiger partial charge is 0.122 e. The number of rotatable bonds is 5. The number of ether oxygens (including phenoxy) is 1. The van der Waals surface area contributed by atoms with E-state index in [1.165, 1.54) is 0 Å². The van der Waals surface area contributed by atoms with Crippen LogP contribution < -0.4 is 10.1 Å². The van der Waals surface area contributed by atoms with Crippen molar-refractivity contribution in [1.29, 1.82) is 0 Å². The maximum atomic E-state index is 10.3. The van der Waals surface area contributed by atoms with Gasteiger partial charge in [0.15, 0.2) is 0 Å². The number of aliphatic hydroxyl groups is 1. The first-order valence-electron chi connectivity index (χ1n) is 6.01. The van der Waals surface area contributed by atoms with Gasteiger partial charge in [-0.15, -0.1) is 0 Å². The summed E-state index contributed by atoms with van der Waals surface area (Å²) in [4.78, 5) is 0. The highest BCUT2D eigenvalue weighted by molar-refractivity contribution is 5.38. The summed E-state index contributed by atoms with van der Waals surface area (Å²) < 4.78 is 5.68. The van der Waals surface area contributed by atoms with Gasteiger partial charge in [0.1, 0.15) is 5.75 Å². The fourth-order valence-corrected chi connectivity index (χ4v) is 1.82. The third-order valence-corrected chi connectivity index (χ3v) is 2.68. The Bertz CT molecular complexity index is 372. The van der Waals surface area contributed by atoms with Crippen LogP contribution in [0.1, 0.15) is 31.9 Å². The van der Waals surface area contributed by atoms with Crippen molar-refractivity contribution in [3.05, 3.63) is 29.3 Å². The first-order valence-corrected chi connectivity index (χ1v) is 6.01. The molecule has 0 aliphatic heterocycles. The number of nitrogens with one attached hydrogen (secondary N) is 1. The molecule has 0 bridgehead atoms. The van der Waals surface area contributed by atoms with Gasteiger partial charge < -0.3 is 15.2 Å². The van der Waals surface area contributed by atoms with Crippen molar-refractivity contribution in [2.24, 2.45) is 0 Å². The summed E-state index contributed by atoms with van der Waals surface area (Å²) in [5, 5.41) is 13.3. The molecule has 0 fully saturated rings. The van der Waals surface area contributed by atoms with Gasteiger partial charge in [0, 0.05) is 6.54 Å². The predicted molar refractivity (Wildman–Crippen MR) is 70.4 cm³/mol. The van der Waals surface area contributed by atoms with E-state index < -0.39 is 5.60 Å². The van der Waals surface area contributed by atoms with Crippen molar-refractivity contribution in [2.75, 3.05) is 13.6 Å². The lowest BCUT2D eigenvalue weighted by molar-refractivity contribution is 0.0590. The van der Waals surface area contributed by atoms with Crippen molar-refractivity contribution >= 4 is 0 Å². The molecule has 0 saturated heterocycles. The van der Waals surface area contributed by atoms with E-state index >= 15 is 0 Å². The molecule has 0 aromatic heterocycles. The van der Waals surface area contributed by atoms with E-state index in [4.69, 9.17) is 4.74 Å². The van der Waals surface area contributed by atoms with E-state index in [2.05, 4.69) is 5.32 Å². The molecule has 3 nitrogen and oxygen atoms in total. The van der Waals surface area contributed by atoms with E-state index in [0.29, 0.717) is 6.54 Å². The van der Waals surface area contributed by atoms with Crippen LogP contribution in [0, 0.1) is 6.92 Å². The number of aryl methyl sites for hydroxylation is 1. The zero-order valence-electron chi connectivity index (χ0n) is 11.4. The van der Waals surface area contributed by atoms with Gasteiger partial charge in [-0.1, -0.05) is 6.07 Å². The Balaban J connectivity index is 2.95. The van der Waals surface area contributed by atoms with Crippen LogP contribution in [0.4, 0.5) is 0 Å². The Morgan fingerprint density at radius 3 is 2.53 bits per heavy atom. The first kappa shape index (κ1) is 14.0. The lowest BCUT2D eigenvalue weighted by Gasteiger charge is -2.24. The maximum Gasteiger partial charge on any atom is 0.122 e. The molecular weight excluding hydrogens is 214 g/mol. The largest absolute Gasteiger partial charge is 0.491 e. The second kappa shape index (κ2) is 5.52. The highest BCUT2D eigenvalue weighted by Gasteiger charge is 2.22. The molecule has 1 unspecified atom stereocenters. The van der Waals surface area contributed by atoms with Crippen LogP contribution >= 0.6 is 0 Å². The quantitative estimate of drug-likeness (QED) is 0.825. The minimum Gasteiger partial charge on any atom is -0.491 e. The predicted octanol–water partition coefficient (Wildman–Crippen LogP) is 2.21. The highest BCUT2D eigenvalue weighted by Crippen LogP contribution is 2.26. The molecule has 0 aliphatic rings. The number of hydrogen-bond acceptors (Lipinski definition) is 3. The van der Waals surface area contributed by atoms with Gasteiger partial charge in [0.25, 0.3) is 0 Å². The molecule has 0 amide bonds. The van der Waals surface area contributed by atoms with E-state index in [-0.39, 0.29) is 6.10 Å². The lowest BCUT2D eigenvalue weighted by atomic mass is 9.94. The number of benzene rings is 1. The molecule has 0 radical (unpaired) electrons. The Morgan fingerprint density at radius 2 is 2.06 bits per heavy atom. The van der Waals surface area contributed by atoms with Crippen molar-refractivity contribution in [3.63, 3.8) is 0 Å².